The molecule has 0 radical (unpaired) electrons. The van der Waals surface area contributed by atoms with Gasteiger partial charge in [0.25, 0.3) is 0 Å². The van der Waals surface area contributed by atoms with Crippen LogP contribution in [-0.2, 0) is 0 Å². The van der Waals surface area contributed by atoms with E-state index in [-0.39, 0.29) is 0 Å². The molecule has 0 aliphatic carbocycles. The molecule has 0 rings (SSSR count). The van der Waals surface area contributed by atoms with Gasteiger partial charge in [-0.2, -0.15) is 0 Å². The summed E-state index contributed by atoms with van der Waals surface area (Å²) in [5.74, 6) is 1.17. The van der Waals surface area contributed by atoms with Gasteiger partial charge in [-0.25, -0.2) is 0 Å². The van der Waals surface area contributed by atoms with Crippen molar-refractivity contribution in [1.29, 1.82) is 0 Å². The first-order valence-corrected chi connectivity index (χ1v) is 4.02. The molecule has 2 heteroatoms. The van der Waals surface area contributed by atoms with Crippen LogP contribution in [0.4, 0.5) is 0 Å². The fraction of sp³-hybridized carbons (Fsp3) is 0.600. The summed E-state index contributed by atoms with van der Waals surface area (Å²) < 4.78 is 1.04. The van der Waals surface area contributed by atoms with Crippen molar-refractivity contribution >= 4 is 27.7 Å². The Kier molecular flexibility index (Phi) is 5.11. The Morgan fingerprint density at radius 3 is 2.57 bits per heavy atom. The van der Waals surface area contributed by atoms with Crippen molar-refractivity contribution in [3.8, 4) is 0 Å². The molecule has 0 unspecified atom stereocenters. The van der Waals surface area contributed by atoms with Gasteiger partial charge in [0.2, 0.25) is 0 Å². The van der Waals surface area contributed by atoms with Gasteiger partial charge in [-0.05, 0) is 28.1 Å². The molecule has 0 aliphatic rings. The first-order valence-electron chi connectivity index (χ1n) is 2.24. The lowest BCUT2D eigenvalue weighted by Crippen LogP contribution is -1.67. The molecule has 42 valence electrons. The van der Waals surface area contributed by atoms with E-state index >= 15 is 0 Å². The minimum Gasteiger partial charge on any atom is -0.119 e. The molecule has 0 N–H and O–H groups in total. The zero-order valence-electron chi connectivity index (χ0n) is 4.41. The van der Waals surface area contributed by atoms with Crippen LogP contribution in [0, 0.1) is 0 Å². The van der Waals surface area contributed by atoms with Gasteiger partial charge in [-0.3, -0.25) is 0 Å². The summed E-state index contributed by atoms with van der Waals surface area (Å²) in [7, 11) is 0. The van der Waals surface area contributed by atoms with E-state index in [9.17, 15) is 0 Å². The average Bonchev–Trinajstić information content (AvgIpc) is 1.61. The smallest absolute Gasteiger partial charge is 0.0430 e. The number of thioether (sulfide) groups is 1. The van der Waals surface area contributed by atoms with E-state index in [1.54, 1.807) is 11.8 Å². The predicted octanol–water partition coefficient (Wildman–Crippen LogP) is 3.00. The lowest BCUT2D eigenvalue weighted by atomic mass is 10.6. The molecule has 0 aromatic carbocycles. The van der Waals surface area contributed by atoms with Crippen LogP contribution in [-0.4, -0.2) is 5.75 Å². The zero-order valence-corrected chi connectivity index (χ0v) is 6.81. The second-order valence-corrected chi connectivity index (χ2v) is 3.88. The molecule has 7 heavy (non-hydrogen) atoms. The van der Waals surface area contributed by atoms with E-state index in [0.717, 1.165) is 3.81 Å². The minimum atomic E-state index is 1.04. The molecule has 0 heterocycles. The summed E-state index contributed by atoms with van der Waals surface area (Å²) in [6, 6.07) is 0. The van der Waals surface area contributed by atoms with Crippen LogP contribution in [0.15, 0.2) is 10.4 Å². The summed E-state index contributed by atoms with van der Waals surface area (Å²) in [6.07, 6.45) is 1.22. The molecular weight excluding hydrogens is 172 g/mol. The monoisotopic (exact) mass is 180 g/mol. The summed E-state index contributed by atoms with van der Waals surface area (Å²) >= 11 is 5.00. The van der Waals surface area contributed by atoms with Crippen LogP contribution >= 0.6 is 27.7 Å². The molecule has 0 aliphatic heterocycles. The Labute approximate surface area is 57.5 Å². The lowest BCUT2D eigenvalue weighted by molar-refractivity contribution is 1.11. The normalized spacial score (nSPS) is 8.86. The highest BCUT2D eigenvalue weighted by Gasteiger charge is 1.83. The van der Waals surface area contributed by atoms with Gasteiger partial charge in [0.05, 0.1) is 0 Å². The van der Waals surface area contributed by atoms with E-state index in [4.69, 9.17) is 0 Å². The minimum absolute atomic E-state index is 1.04. The Morgan fingerprint density at radius 2 is 2.43 bits per heavy atom. The van der Waals surface area contributed by atoms with Crippen LogP contribution in [0.1, 0.15) is 13.3 Å². The third-order valence-corrected chi connectivity index (χ3v) is 2.08. The summed E-state index contributed by atoms with van der Waals surface area (Å²) in [4.78, 5) is 0. The number of halogens is 1. The maximum absolute atomic E-state index is 3.67. The Morgan fingerprint density at radius 1 is 1.86 bits per heavy atom. The van der Waals surface area contributed by atoms with E-state index < -0.39 is 0 Å². The van der Waals surface area contributed by atoms with Gasteiger partial charge in [-0.15, -0.1) is 11.8 Å². The van der Waals surface area contributed by atoms with Gasteiger partial charge in [0, 0.05) is 3.81 Å². The fourth-order valence-electron chi connectivity index (χ4n) is 0.213. The van der Waals surface area contributed by atoms with Gasteiger partial charge >= 0.3 is 0 Å². The molecule has 0 aromatic rings. The van der Waals surface area contributed by atoms with Crippen molar-refractivity contribution in [1.82, 2.24) is 0 Å². The highest BCUT2D eigenvalue weighted by atomic mass is 79.9. The third-order valence-electron chi connectivity index (χ3n) is 0.463. The molecule has 0 aromatic heterocycles. The van der Waals surface area contributed by atoms with E-state index in [1.807, 2.05) is 0 Å². The average molecular weight is 181 g/mol. The Bertz CT molecular complexity index is 61.1. The van der Waals surface area contributed by atoms with Gasteiger partial charge in [-0.1, -0.05) is 13.5 Å². The summed E-state index contributed by atoms with van der Waals surface area (Å²) in [5, 5.41) is 0. The Balaban J connectivity index is 2.82. The largest absolute Gasteiger partial charge is 0.119 e. The second kappa shape index (κ2) is 4.72. The maximum Gasteiger partial charge on any atom is 0.0430 e. The molecule has 0 fully saturated rings. The van der Waals surface area contributed by atoms with Crippen molar-refractivity contribution in [3.63, 3.8) is 0 Å². The van der Waals surface area contributed by atoms with Crippen LogP contribution in [0.25, 0.3) is 0 Å². The van der Waals surface area contributed by atoms with E-state index in [2.05, 4.69) is 29.4 Å². The number of rotatable bonds is 3. The SMILES string of the molecule is C=C(Br)SCCC. The van der Waals surface area contributed by atoms with Crippen molar-refractivity contribution < 1.29 is 0 Å². The molecule has 0 saturated carbocycles. The molecule has 0 saturated heterocycles. The molecule has 0 nitrogen and oxygen atoms in total. The molecule has 0 atom stereocenters. The highest BCUT2D eigenvalue weighted by molar-refractivity contribution is 9.14. The number of hydrogen-bond donors (Lipinski definition) is 0. The van der Waals surface area contributed by atoms with Crippen molar-refractivity contribution in [2.24, 2.45) is 0 Å². The lowest BCUT2D eigenvalue weighted by Gasteiger charge is -1.90. The third kappa shape index (κ3) is 6.57. The van der Waals surface area contributed by atoms with Gasteiger partial charge in [0.15, 0.2) is 0 Å². The molecule has 0 bridgehead atoms. The van der Waals surface area contributed by atoms with Crippen LogP contribution in [0.2, 0.25) is 0 Å². The molecule has 0 spiro atoms. The second-order valence-electron chi connectivity index (χ2n) is 1.20. The molecule has 0 amide bonds. The van der Waals surface area contributed by atoms with Crippen LogP contribution in [0.3, 0.4) is 0 Å². The quantitative estimate of drug-likeness (QED) is 0.644. The molecular formula is C5H9BrS. The van der Waals surface area contributed by atoms with E-state index in [1.165, 1.54) is 12.2 Å². The first kappa shape index (κ1) is 7.57. The van der Waals surface area contributed by atoms with Crippen molar-refractivity contribution in [2.75, 3.05) is 5.75 Å². The van der Waals surface area contributed by atoms with Crippen molar-refractivity contribution in [2.45, 2.75) is 13.3 Å². The predicted molar refractivity (Wildman–Crippen MR) is 40.8 cm³/mol. The van der Waals surface area contributed by atoms with Gasteiger partial charge < -0.3 is 0 Å². The van der Waals surface area contributed by atoms with Crippen LogP contribution < -0.4 is 0 Å². The standard InChI is InChI=1S/C5H9BrS/c1-3-4-7-5(2)6/h2-4H2,1H3. The van der Waals surface area contributed by atoms with Crippen LogP contribution in [0.5, 0.6) is 0 Å². The maximum atomic E-state index is 3.67. The number of hydrogen-bond acceptors (Lipinski definition) is 1. The van der Waals surface area contributed by atoms with Gasteiger partial charge in [0.1, 0.15) is 0 Å². The fourth-order valence-corrected chi connectivity index (χ4v) is 1.12. The van der Waals surface area contributed by atoms with E-state index in [0.29, 0.717) is 0 Å². The zero-order chi connectivity index (χ0) is 5.70. The summed E-state index contributed by atoms with van der Waals surface area (Å²) in [5.41, 5.74) is 0. The van der Waals surface area contributed by atoms with Crippen molar-refractivity contribution in [3.05, 3.63) is 10.4 Å². The topological polar surface area (TPSA) is 0 Å². The first-order chi connectivity index (χ1) is 3.27. The summed E-state index contributed by atoms with van der Waals surface area (Å²) in [6.45, 7) is 5.83. The Hall–Kier alpha value is 0.570. The highest BCUT2D eigenvalue weighted by Crippen LogP contribution is 2.19.